The number of amides is 2. The molecule has 2 atom stereocenters. The molecule has 2 amide bonds. The molecule has 1 aliphatic heterocycles. The maximum atomic E-state index is 14.4. The lowest BCUT2D eigenvalue weighted by atomic mass is 9.91. The molecule has 11 nitrogen and oxygen atoms in total. The van der Waals surface area contributed by atoms with E-state index >= 15 is 0 Å². The average molecular weight is 705 g/mol. The zero-order valence-electron chi connectivity index (χ0n) is 29.6. The summed E-state index contributed by atoms with van der Waals surface area (Å²) in [6.07, 6.45) is 9.23. The molecule has 2 fully saturated rings. The van der Waals surface area contributed by atoms with Crippen molar-refractivity contribution >= 4 is 17.5 Å². The van der Waals surface area contributed by atoms with Crippen LogP contribution in [0.15, 0.2) is 85.3 Å². The molecule has 1 aliphatic carbocycles. The molecule has 5 aromatic rings. The number of aryl methyl sites for hydroxylation is 1. The Kier molecular flexibility index (Phi) is 10.8. The van der Waals surface area contributed by atoms with E-state index in [4.69, 9.17) is 4.74 Å². The fourth-order valence-corrected chi connectivity index (χ4v) is 7.36. The van der Waals surface area contributed by atoms with Crippen LogP contribution in [0.5, 0.6) is 11.6 Å². The number of fused-ring (bicyclic) bond motifs is 1. The number of carbonyl (C=O) groups excluding carboxylic acids is 2. The molecule has 0 radical (unpaired) electrons. The molecule has 270 valence electrons. The number of ether oxygens (including phenoxy) is 1. The SMILES string of the molecule is C[C@@H]1CN(CCCc2ccc(-c3cccc(Oc4ncc(F)cc4C(=O)N[C@H]4CC[C@H](NC(=O)c5cc6ncccn6n5)CC4)c3)cc2)C[C@H](C)N1. The molecule has 12 heteroatoms. The fraction of sp³-hybridized carbons (Fsp3) is 0.375. The second-order valence-electron chi connectivity index (χ2n) is 14.1. The van der Waals surface area contributed by atoms with Crippen LogP contribution in [0.1, 0.15) is 72.4 Å². The number of hydrogen-bond acceptors (Lipinski definition) is 8. The minimum Gasteiger partial charge on any atom is -0.438 e. The second-order valence-corrected chi connectivity index (χ2v) is 14.1. The van der Waals surface area contributed by atoms with Crippen LogP contribution < -0.4 is 20.7 Å². The van der Waals surface area contributed by atoms with Crippen LogP contribution in [-0.4, -0.2) is 80.1 Å². The van der Waals surface area contributed by atoms with Crippen molar-refractivity contribution in [3.8, 4) is 22.8 Å². The number of benzene rings is 2. The molecule has 0 bridgehead atoms. The number of piperazine rings is 1. The van der Waals surface area contributed by atoms with Gasteiger partial charge in [-0.1, -0.05) is 36.4 Å². The second kappa shape index (κ2) is 16.0. The van der Waals surface area contributed by atoms with E-state index in [0.717, 1.165) is 55.9 Å². The first-order chi connectivity index (χ1) is 25.3. The maximum Gasteiger partial charge on any atom is 0.272 e. The van der Waals surface area contributed by atoms with Gasteiger partial charge in [-0.15, -0.1) is 0 Å². The number of aromatic nitrogens is 4. The van der Waals surface area contributed by atoms with Gasteiger partial charge in [0.05, 0.1) is 6.20 Å². The van der Waals surface area contributed by atoms with Crippen molar-refractivity contribution in [2.24, 2.45) is 0 Å². The van der Waals surface area contributed by atoms with E-state index < -0.39 is 11.7 Å². The first kappa shape index (κ1) is 35.2. The van der Waals surface area contributed by atoms with E-state index in [1.54, 1.807) is 35.1 Å². The number of rotatable bonds is 11. The molecule has 1 saturated heterocycles. The molecule has 2 aromatic carbocycles. The molecule has 0 unspecified atom stereocenters. The number of pyridine rings is 1. The van der Waals surface area contributed by atoms with Crippen molar-refractivity contribution in [2.75, 3.05) is 19.6 Å². The third-order valence-corrected chi connectivity index (χ3v) is 9.84. The van der Waals surface area contributed by atoms with Crippen molar-refractivity contribution in [2.45, 2.75) is 76.5 Å². The number of carbonyl (C=O) groups is 2. The van der Waals surface area contributed by atoms with Gasteiger partial charge in [0.2, 0.25) is 5.88 Å². The highest BCUT2D eigenvalue weighted by Gasteiger charge is 2.27. The van der Waals surface area contributed by atoms with Gasteiger partial charge in [-0.2, -0.15) is 5.10 Å². The van der Waals surface area contributed by atoms with E-state index in [-0.39, 0.29) is 29.4 Å². The standard InChI is InChI=1S/C40H45FN8O3/c1-26-24-48(25-27(2)44-26)18-4-6-28-9-11-29(12-10-28)30-7-3-8-34(20-30)52-40-35(21-31(41)23-43-40)38(50)45-32-13-15-33(16-14-32)46-39(51)36-22-37-42-17-5-19-49(37)47-36/h3,5,7-12,17,19-23,26-27,32-33,44H,4,6,13-16,18,24-25H2,1-2H3,(H,45,50)(H,46,51)/t26-,27+,32-,33-. The summed E-state index contributed by atoms with van der Waals surface area (Å²) < 4.78 is 22.0. The molecule has 52 heavy (non-hydrogen) atoms. The zero-order valence-corrected chi connectivity index (χ0v) is 29.6. The van der Waals surface area contributed by atoms with Gasteiger partial charge in [0.25, 0.3) is 11.8 Å². The predicted octanol–water partition coefficient (Wildman–Crippen LogP) is 5.81. The highest BCUT2D eigenvalue weighted by Crippen LogP contribution is 2.29. The van der Waals surface area contributed by atoms with Crippen LogP contribution in [0.2, 0.25) is 0 Å². The summed E-state index contributed by atoms with van der Waals surface area (Å²) in [5.74, 6) is -0.821. The number of nitrogens with zero attached hydrogens (tertiary/aromatic N) is 5. The first-order valence-corrected chi connectivity index (χ1v) is 18.2. The van der Waals surface area contributed by atoms with Crippen molar-refractivity contribution in [3.05, 3.63) is 108 Å². The average Bonchev–Trinajstić information content (AvgIpc) is 3.58. The molecule has 4 heterocycles. The van der Waals surface area contributed by atoms with E-state index in [1.807, 2.05) is 18.2 Å². The molecule has 1 saturated carbocycles. The smallest absolute Gasteiger partial charge is 0.272 e. The summed E-state index contributed by atoms with van der Waals surface area (Å²) >= 11 is 0. The van der Waals surface area contributed by atoms with Crippen LogP contribution in [0.3, 0.4) is 0 Å². The summed E-state index contributed by atoms with van der Waals surface area (Å²) in [6.45, 7) is 7.78. The summed E-state index contributed by atoms with van der Waals surface area (Å²) in [5.41, 5.74) is 4.24. The summed E-state index contributed by atoms with van der Waals surface area (Å²) in [4.78, 5) is 37.1. The Morgan fingerprint density at radius 1 is 0.885 bits per heavy atom. The Labute approximate surface area is 303 Å². The van der Waals surface area contributed by atoms with Gasteiger partial charge in [0, 0.05) is 55.7 Å². The largest absolute Gasteiger partial charge is 0.438 e. The number of halogens is 1. The summed E-state index contributed by atoms with van der Waals surface area (Å²) in [7, 11) is 0. The third-order valence-electron chi connectivity index (χ3n) is 9.84. The lowest BCUT2D eigenvalue weighted by Gasteiger charge is -2.36. The van der Waals surface area contributed by atoms with Crippen molar-refractivity contribution < 1.29 is 18.7 Å². The Morgan fingerprint density at radius 2 is 1.62 bits per heavy atom. The van der Waals surface area contributed by atoms with Crippen LogP contribution >= 0.6 is 0 Å². The molecule has 7 rings (SSSR count). The van der Waals surface area contributed by atoms with Crippen LogP contribution in [0, 0.1) is 5.82 Å². The van der Waals surface area contributed by atoms with Gasteiger partial charge < -0.3 is 25.6 Å². The van der Waals surface area contributed by atoms with E-state index in [1.165, 1.54) is 5.56 Å². The Balaban J connectivity index is 0.922. The third kappa shape index (κ3) is 8.80. The van der Waals surface area contributed by atoms with E-state index in [0.29, 0.717) is 54.9 Å². The first-order valence-electron chi connectivity index (χ1n) is 18.2. The molecule has 2 aliphatic rings. The maximum absolute atomic E-state index is 14.4. The topological polar surface area (TPSA) is 126 Å². The normalized spacial score (nSPS) is 20.8. The van der Waals surface area contributed by atoms with Gasteiger partial charge in [-0.3, -0.25) is 9.59 Å². The molecule has 3 aromatic heterocycles. The van der Waals surface area contributed by atoms with Crippen molar-refractivity contribution in [1.82, 2.24) is 40.4 Å². The van der Waals surface area contributed by atoms with Crippen molar-refractivity contribution in [3.63, 3.8) is 0 Å². The van der Waals surface area contributed by atoms with E-state index in [9.17, 15) is 14.0 Å². The minimum atomic E-state index is -0.628. The Morgan fingerprint density at radius 3 is 2.35 bits per heavy atom. The highest BCUT2D eigenvalue weighted by molar-refractivity contribution is 5.96. The number of hydrogen-bond donors (Lipinski definition) is 3. The molecule has 3 N–H and O–H groups in total. The molecule has 0 spiro atoms. The minimum absolute atomic E-state index is 0.0235. The van der Waals surface area contributed by atoms with Crippen LogP contribution in [0.25, 0.3) is 16.8 Å². The quantitative estimate of drug-likeness (QED) is 0.157. The van der Waals surface area contributed by atoms with Crippen molar-refractivity contribution in [1.29, 1.82) is 0 Å². The van der Waals surface area contributed by atoms with Gasteiger partial charge in [0.15, 0.2) is 11.3 Å². The highest BCUT2D eigenvalue weighted by atomic mass is 19.1. The summed E-state index contributed by atoms with van der Waals surface area (Å²) in [5, 5.41) is 14.0. The Hall–Kier alpha value is -5.20. The fourth-order valence-electron chi connectivity index (χ4n) is 7.36. The Bertz CT molecular complexity index is 1970. The van der Waals surface area contributed by atoms with Gasteiger partial charge in [-0.25, -0.2) is 18.9 Å². The van der Waals surface area contributed by atoms with Gasteiger partial charge >= 0.3 is 0 Å². The summed E-state index contributed by atoms with van der Waals surface area (Å²) in [6, 6.07) is 21.6. The van der Waals surface area contributed by atoms with E-state index in [2.05, 4.69) is 74.0 Å². The lowest BCUT2D eigenvalue weighted by Crippen LogP contribution is -2.54. The van der Waals surface area contributed by atoms with Crippen LogP contribution in [0.4, 0.5) is 4.39 Å². The predicted molar refractivity (Wildman–Crippen MR) is 197 cm³/mol. The molecular weight excluding hydrogens is 659 g/mol. The monoisotopic (exact) mass is 704 g/mol. The van der Waals surface area contributed by atoms with Crippen LogP contribution in [-0.2, 0) is 6.42 Å². The van der Waals surface area contributed by atoms with Gasteiger partial charge in [0.1, 0.15) is 17.1 Å². The van der Waals surface area contributed by atoms with Gasteiger partial charge in [-0.05, 0) is 99.9 Å². The number of nitrogens with one attached hydrogen (secondary N) is 3. The molecular formula is C40H45FN8O3. The lowest BCUT2D eigenvalue weighted by molar-refractivity contribution is 0.0887. The zero-order chi connectivity index (χ0) is 36.0.